The Balaban J connectivity index is 1.40. The molecule has 0 bridgehead atoms. The van der Waals surface area contributed by atoms with Crippen LogP contribution in [0.25, 0.3) is 10.9 Å². The summed E-state index contributed by atoms with van der Waals surface area (Å²) in [5, 5.41) is 7.22. The summed E-state index contributed by atoms with van der Waals surface area (Å²) in [6.45, 7) is 1.48. The van der Waals surface area contributed by atoms with Crippen molar-refractivity contribution in [1.82, 2.24) is 15.6 Å². The fourth-order valence-electron chi connectivity index (χ4n) is 3.34. The van der Waals surface area contributed by atoms with E-state index < -0.39 is 0 Å². The van der Waals surface area contributed by atoms with Crippen LogP contribution in [0.1, 0.15) is 37.7 Å². The third kappa shape index (κ3) is 3.81. The molecule has 0 atom stereocenters. The van der Waals surface area contributed by atoms with Gasteiger partial charge >= 0.3 is 6.03 Å². The molecule has 0 spiro atoms. The largest absolute Gasteiger partial charge is 0.361 e. The monoisotopic (exact) mass is 299 g/mol. The molecule has 1 aliphatic carbocycles. The molecule has 1 aromatic heterocycles. The molecule has 1 heterocycles. The highest BCUT2D eigenvalue weighted by Crippen LogP contribution is 2.22. The first-order valence-electron chi connectivity index (χ1n) is 8.39. The number of aromatic nitrogens is 1. The molecule has 2 amide bonds. The zero-order valence-electron chi connectivity index (χ0n) is 13.0. The van der Waals surface area contributed by atoms with Gasteiger partial charge < -0.3 is 15.6 Å². The molecule has 3 rings (SSSR count). The molecule has 1 saturated carbocycles. The molecule has 0 radical (unpaired) electrons. The first kappa shape index (κ1) is 14.9. The Bertz CT molecular complexity index is 614. The SMILES string of the molecule is O=C(NCCc1c[nH]c2ccccc12)NCC1CCCCC1. The number of carbonyl (C=O) groups excluding carboxylic acids is 1. The van der Waals surface area contributed by atoms with Crippen molar-refractivity contribution in [1.29, 1.82) is 0 Å². The van der Waals surface area contributed by atoms with Crippen LogP contribution in [0, 0.1) is 5.92 Å². The van der Waals surface area contributed by atoms with Crippen molar-refractivity contribution in [2.75, 3.05) is 13.1 Å². The molecule has 2 aromatic rings. The summed E-state index contributed by atoms with van der Waals surface area (Å²) in [4.78, 5) is 15.1. The Morgan fingerprint density at radius 2 is 1.95 bits per heavy atom. The van der Waals surface area contributed by atoms with E-state index in [-0.39, 0.29) is 6.03 Å². The van der Waals surface area contributed by atoms with E-state index in [4.69, 9.17) is 0 Å². The molecular formula is C18H25N3O. The first-order valence-corrected chi connectivity index (χ1v) is 8.39. The van der Waals surface area contributed by atoms with E-state index in [1.165, 1.54) is 43.1 Å². The van der Waals surface area contributed by atoms with Gasteiger partial charge in [-0.25, -0.2) is 4.79 Å². The van der Waals surface area contributed by atoms with Crippen molar-refractivity contribution in [2.45, 2.75) is 38.5 Å². The van der Waals surface area contributed by atoms with Gasteiger partial charge in [0, 0.05) is 30.2 Å². The van der Waals surface area contributed by atoms with Crippen LogP contribution in [0.3, 0.4) is 0 Å². The van der Waals surface area contributed by atoms with Gasteiger partial charge in [-0.15, -0.1) is 0 Å². The van der Waals surface area contributed by atoms with Gasteiger partial charge in [0.05, 0.1) is 0 Å². The van der Waals surface area contributed by atoms with Crippen molar-refractivity contribution in [3.8, 4) is 0 Å². The molecular weight excluding hydrogens is 274 g/mol. The molecule has 1 fully saturated rings. The summed E-state index contributed by atoms with van der Waals surface area (Å²) >= 11 is 0. The van der Waals surface area contributed by atoms with Crippen LogP contribution in [0.2, 0.25) is 0 Å². The second kappa shape index (κ2) is 7.34. The van der Waals surface area contributed by atoms with Gasteiger partial charge in [-0.05, 0) is 36.8 Å². The number of aromatic amines is 1. The Morgan fingerprint density at radius 1 is 1.14 bits per heavy atom. The van der Waals surface area contributed by atoms with Gasteiger partial charge in [-0.1, -0.05) is 37.5 Å². The molecule has 4 heteroatoms. The quantitative estimate of drug-likeness (QED) is 0.776. The number of amides is 2. The molecule has 0 aliphatic heterocycles. The van der Waals surface area contributed by atoms with Crippen LogP contribution in [-0.2, 0) is 6.42 Å². The van der Waals surface area contributed by atoms with Crippen LogP contribution in [0.15, 0.2) is 30.5 Å². The van der Waals surface area contributed by atoms with Crippen molar-refractivity contribution >= 4 is 16.9 Å². The highest BCUT2D eigenvalue weighted by molar-refractivity contribution is 5.83. The zero-order valence-corrected chi connectivity index (χ0v) is 13.0. The summed E-state index contributed by atoms with van der Waals surface area (Å²) in [6, 6.07) is 8.22. The van der Waals surface area contributed by atoms with Gasteiger partial charge in [0.15, 0.2) is 0 Å². The zero-order chi connectivity index (χ0) is 15.2. The number of benzene rings is 1. The highest BCUT2D eigenvalue weighted by Gasteiger charge is 2.14. The van der Waals surface area contributed by atoms with Crippen LogP contribution in [0.4, 0.5) is 4.79 Å². The van der Waals surface area contributed by atoms with Crippen molar-refractivity contribution in [2.24, 2.45) is 5.92 Å². The summed E-state index contributed by atoms with van der Waals surface area (Å²) in [5.41, 5.74) is 2.41. The molecule has 1 aromatic carbocycles. The van der Waals surface area contributed by atoms with E-state index in [2.05, 4.69) is 27.8 Å². The molecule has 4 nitrogen and oxygen atoms in total. The predicted octanol–water partition coefficient (Wildman–Crippen LogP) is 3.59. The van der Waals surface area contributed by atoms with E-state index in [9.17, 15) is 4.79 Å². The lowest BCUT2D eigenvalue weighted by Gasteiger charge is -2.21. The smallest absolute Gasteiger partial charge is 0.314 e. The Hall–Kier alpha value is -1.97. The van der Waals surface area contributed by atoms with E-state index >= 15 is 0 Å². The molecule has 0 saturated heterocycles. The van der Waals surface area contributed by atoms with Crippen molar-refractivity contribution in [3.05, 3.63) is 36.0 Å². The highest BCUT2D eigenvalue weighted by atomic mass is 16.2. The Morgan fingerprint density at radius 3 is 2.82 bits per heavy atom. The Kier molecular flexibility index (Phi) is 4.99. The van der Waals surface area contributed by atoms with Gasteiger partial charge in [-0.2, -0.15) is 0 Å². The fourth-order valence-corrected chi connectivity index (χ4v) is 3.34. The summed E-state index contributed by atoms with van der Waals surface area (Å²) in [5.74, 6) is 0.674. The third-order valence-electron chi connectivity index (χ3n) is 4.63. The molecule has 3 N–H and O–H groups in total. The minimum absolute atomic E-state index is 0.0367. The van der Waals surface area contributed by atoms with Gasteiger partial charge in [-0.3, -0.25) is 0 Å². The molecule has 1 aliphatic rings. The van der Waals surface area contributed by atoms with Crippen LogP contribution >= 0.6 is 0 Å². The topological polar surface area (TPSA) is 56.9 Å². The number of hydrogen-bond acceptors (Lipinski definition) is 1. The van der Waals surface area contributed by atoms with Gasteiger partial charge in [0.1, 0.15) is 0 Å². The number of hydrogen-bond donors (Lipinski definition) is 3. The number of nitrogens with one attached hydrogen (secondary N) is 3. The number of para-hydroxylation sites is 1. The predicted molar refractivity (Wildman–Crippen MR) is 90.0 cm³/mol. The van der Waals surface area contributed by atoms with Crippen LogP contribution in [-0.4, -0.2) is 24.1 Å². The van der Waals surface area contributed by atoms with E-state index in [0.717, 1.165) is 18.5 Å². The van der Waals surface area contributed by atoms with Gasteiger partial charge in [0.25, 0.3) is 0 Å². The number of fused-ring (bicyclic) bond motifs is 1. The molecule has 0 unspecified atom stereocenters. The Labute approximate surface area is 131 Å². The fraction of sp³-hybridized carbons (Fsp3) is 0.500. The van der Waals surface area contributed by atoms with Crippen LogP contribution < -0.4 is 10.6 Å². The number of urea groups is 1. The minimum Gasteiger partial charge on any atom is -0.361 e. The maximum atomic E-state index is 11.8. The molecule has 22 heavy (non-hydrogen) atoms. The maximum Gasteiger partial charge on any atom is 0.314 e. The summed E-state index contributed by atoms with van der Waals surface area (Å²) in [6.07, 6.45) is 9.38. The second-order valence-corrected chi connectivity index (χ2v) is 6.25. The molecule has 118 valence electrons. The average Bonchev–Trinajstić information content (AvgIpc) is 2.97. The van der Waals surface area contributed by atoms with E-state index in [0.29, 0.717) is 12.5 Å². The first-order chi connectivity index (χ1) is 10.8. The van der Waals surface area contributed by atoms with Crippen LogP contribution in [0.5, 0.6) is 0 Å². The van der Waals surface area contributed by atoms with Crippen molar-refractivity contribution < 1.29 is 4.79 Å². The summed E-state index contributed by atoms with van der Waals surface area (Å²) < 4.78 is 0. The van der Waals surface area contributed by atoms with E-state index in [1.54, 1.807) is 0 Å². The minimum atomic E-state index is -0.0367. The standard InChI is InChI=1S/C18H25N3O/c22-18(21-12-14-6-2-1-3-7-14)19-11-10-15-13-20-17-9-5-4-8-16(15)17/h4-5,8-9,13-14,20H,1-3,6-7,10-12H2,(H2,19,21,22). The lowest BCUT2D eigenvalue weighted by Crippen LogP contribution is -2.39. The number of rotatable bonds is 5. The summed E-state index contributed by atoms with van der Waals surface area (Å²) in [7, 11) is 0. The lowest BCUT2D eigenvalue weighted by atomic mass is 9.89. The second-order valence-electron chi connectivity index (χ2n) is 6.25. The number of H-pyrrole nitrogens is 1. The lowest BCUT2D eigenvalue weighted by molar-refractivity contribution is 0.236. The maximum absolute atomic E-state index is 11.8. The van der Waals surface area contributed by atoms with Crippen molar-refractivity contribution in [3.63, 3.8) is 0 Å². The normalized spacial score (nSPS) is 15.8. The average molecular weight is 299 g/mol. The van der Waals surface area contributed by atoms with Gasteiger partial charge in [0.2, 0.25) is 0 Å². The van der Waals surface area contributed by atoms with E-state index in [1.807, 2.05) is 18.3 Å². The third-order valence-corrected chi connectivity index (χ3v) is 4.63. The number of carbonyl (C=O) groups is 1.